The summed E-state index contributed by atoms with van der Waals surface area (Å²) in [5.74, 6) is -0.159. The van der Waals surface area contributed by atoms with Crippen LogP contribution >= 0.6 is 0 Å². The summed E-state index contributed by atoms with van der Waals surface area (Å²) >= 11 is 0. The molecule has 6 N–H and O–H groups in total. The lowest BCUT2D eigenvalue weighted by Crippen LogP contribution is -2.60. The predicted octanol–water partition coefficient (Wildman–Crippen LogP) is 19.0. The molecule has 0 spiro atoms. The molecule has 0 aromatic heterocycles. The summed E-state index contributed by atoms with van der Waals surface area (Å²) in [5.41, 5.74) is 0. The van der Waals surface area contributed by atoms with Crippen molar-refractivity contribution in [3.63, 3.8) is 0 Å². The van der Waals surface area contributed by atoms with E-state index in [2.05, 4.69) is 19.2 Å². The molecular formula is C73H141NO10. The Bertz CT molecular complexity index is 1400. The van der Waals surface area contributed by atoms with Gasteiger partial charge in [-0.3, -0.25) is 9.59 Å². The fourth-order valence-electron chi connectivity index (χ4n) is 12.1. The van der Waals surface area contributed by atoms with E-state index in [1.165, 1.54) is 302 Å². The minimum absolute atomic E-state index is 0.0168. The van der Waals surface area contributed by atoms with Crippen molar-refractivity contribution in [2.45, 2.75) is 423 Å². The van der Waals surface area contributed by atoms with Gasteiger partial charge in [0.25, 0.3) is 0 Å². The van der Waals surface area contributed by atoms with Crippen molar-refractivity contribution in [2.24, 2.45) is 0 Å². The highest BCUT2D eigenvalue weighted by Gasteiger charge is 2.44. The Hall–Kier alpha value is -1.60. The number of amides is 1. The first-order valence-electron chi connectivity index (χ1n) is 37.0. The van der Waals surface area contributed by atoms with Gasteiger partial charge in [0, 0.05) is 12.8 Å². The first-order valence-corrected chi connectivity index (χ1v) is 37.0. The molecule has 7 atom stereocenters. The average molecular weight is 1190 g/mol. The van der Waals surface area contributed by atoms with Gasteiger partial charge in [0.05, 0.1) is 32.0 Å². The van der Waals surface area contributed by atoms with E-state index in [1.54, 1.807) is 6.08 Å². The van der Waals surface area contributed by atoms with Gasteiger partial charge in [0.1, 0.15) is 24.4 Å². The maximum absolute atomic E-state index is 13.0. The Morgan fingerprint density at radius 3 is 1.11 bits per heavy atom. The standard InChI is InChI=1S/C73H141NO10/c1-3-5-7-9-11-13-15-37-41-45-49-53-57-61-69(78)82-62-58-54-50-46-42-39-36-34-32-30-28-26-24-22-20-18-16-17-19-21-23-25-27-29-31-33-35-38-40-44-48-52-56-60-68(77)74-65(64-83-73-72(81)71(80)70(79)67(63-75)84-73)66(76)59-55-51-47-43-14-12-10-8-6-4-2/h55,59,65-67,70-73,75-76,79-81H,3-54,56-58,60-64H2,1-2H3,(H,74,77)/b59-55+. The highest BCUT2D eigenvalue weighted by molar-refractivity contribution is 5.76. The first-order chi connectivity index (χ1) is 41.2. The normalized spacial score (nSPS) is 18.0. The van der Waals surface area contributed by atoms with E-state index in [4.69, 9.17) is 14.2 Å². The molecule has 0 aliphatic carbocycles. The number of rotatable bonds is 66. The molecule has 11 nitrogen and oxygen atoms in total. The van der Waals surface area contributed by atoms with Gasteiger partial charge in [-0.05, 0) is 32.1 Å². The van der Waals surface area contributed by atoms with Crippen molar-refractivity contribution in [1.29, 1.82) is 0 Å². The van der Waals surface area contributed by atoms with Crippen LogP contribution in [0, 0.1) is 0 Å². The fraction of sp³-hybridized carbons (Fsp3) is 0.945. The van der Waals surface area contributed by atoms with Crippen LogP contribution in [-0.2, 0) is 23.8 Å². The fourth-order valence-corrected chi connectivity index (χ4v) is 12.1. The molecule has 11 heteroatoms. The molecule has 1 rings (SSSR count). The summed E-state index contributed by atoms with van der Waals surface area (Å²) in [4.78, 5) is 25.1. The largest absolute Gasteiger partial charge is 0.466 e. The van der Waals surface area contributed by atoms with Crippen molar-refractivity contribution < 1.29 is 49.3 Å². The van der Waals surface area contributed by atoms with Gasteiger partial charge in [-0.15, -0.1) is 0 Å². The Morgan fingerprint density at radius 1 is 0.429 bits per heavy atom. The van der Waals surface area contributed by atoms with Crippen LogP contribution in [0.5, 0.6) is 0 Å². The zero-order valence-electron chi connectivity index (χ0n) is 55.4. The van der Waals surface area contributed by atoms with Crippen LogP contribution < -0.4 is 5.32 Å². The summed E-state index contributed by atoms with van der Waals surface area (Å²) in [6.07, 6.45) is 68.0. The lowest BCUT2D eigenvalue weighted by atomic mass is 9.99. The molecule has 1 aliphatic rings. The second-order valence-electron chi connectivity index (χ2n) is 26.0. The number of aliphatic hydroxyl groups excluding tert-OH is 5. The number of hydrogen-bond acceptors (Lipinski definition) is 10. The van der Waals surface area contributed by atoms with Gasteiger partial charge in [-0.2, -0.15) is 0 Å². The van der Waals surface area contributed by atoms with Crippen molar-refractivity contribution in [2.75, 3.05) is 19.8 Å². The third-order valence-corrected chi connectivity index (χ3v) is 17.9. The van der Waals surface area contributed by atoms with Crippen LogP contribution in [0.4, 0.5) is 0 Å². The number of ether oxygens (including phenoxy) is 3. The lowest BCUT2D eigenvalue weighted by molar-refractivity contribution is -0.302. The number of unbranched alkanes of at least 4 members (excludes halogenated alkanes) is 52. The van der Waals surface area contributed by atoms with E-state index in [0.717, 1.165) is 51.4 Å². The van der Waals surface area contributed by atoms with E-state index < -0.39 is 49.5 Å². The highest BCUT2D eigenvalue weighted by Crippen LogP contribution is 2.24. The van der Waals surface area contributed by atoms with Crippen molar-refractivity contribution >= 4 is 11.9 Å². The molecule has 1 aliphatic heterocycles. The minimum atomic E-state index is -1.57. The predicted molar refractivity (Wildman–Crippen MR) is 352 cm³/mol. The molecule has 1 amide bonds. The molecule has 0 aromatic carbocycles. The maximum Gasteiger partial charge on any atom is 0.305 e. The third-order valence-electron chi connectivity index (χ3n) is 17.9. The van der Waals surface area contributed by atoms with Gasteiger partial charge < -0.3 is 45.1 Å². The molecule has 0 bridgehead atoms. The zero-order chi connectivity index (χ0) is 60.9. The molecule has 498 valence electrons. The Kier molecular flexibility index (Phi) is 60.3. The Labute approximate surface area is 519 Å². The van der Waals surface area contributed by atoms with Crippen LogP contribution in [0.3, 0.4) is 0 Å². The summed E-state index contributed by atoms with van der Waals surface area (Å²) in [6, 6.07) is -0.804. The van der Waals surface area contributed by atoms with Gasteiger partial charge in [0.15, 0.2) is 6.29 Å². The average Bonchev–Trinajstić information content (AvgIpc) is 3.52. The summed E-state index contributed by atoms with van der Waals surface area (Å²) < 4.78 is 16.7. The number of carbonyl (C=O) groups excluding carboxylic acids is 2. The van der Waals surface area contributed by atoms with E-state index in [-0.39, 0.29) is 18.5 Å². The molecule has 84 heavy (non-hydrogen) atoms. The molecule has 1 saturated heterocycles. The second kappa shape index (κ2) is 63.0. The SMILES string of the molecule is CCCCCCCCCC/C=C/C(O)C(COC1OC(CO)C(O)C(O)C1O)NC(=O)CCCCCCCCCCCCCCCCCCCCCCCCCCCCCCCCCCCOC(=O)CCCCCCCCCCCCCCC. The van der Waals surface area contributed by atoms with E-state index >= 15 is 0 Å². The van der Waals surface area contributed by atoms with Gasteiger partial charge in [-0.25, -0.2) is 0 Å². The lowest BCUT2D eigenvalue weighted by Gasteiger charge is -2.40. The molecule has 1 heterocycles. The zero-order valence-corrected chi connectivity index (χ0v) is 55.4. The van der Waals surface area contributed by atoms with Crippen molar-refractivity contribution in [1.82, 2.24) is 5.32 Å². The van der Waals surface area contributed by atoms with Gasteiger partial charge >= 0.3 is 5.97 Å². The molecule has 0 saturated carbocycles. The number of esters is 1. The van der Waals surface area contributed by atoms with E-state index in [1.807, 2.05) is 6.08 Å². The Morgan fingerprint density at radius 2 is 0.750 bits per heavy atom. The molecule has 0 aromatic rings. The number of allylic oxidation sites excluding steroid dienone is 1. The van der Waals surface area contributed by atoms with Crippen LogP contribution in [0.2, 0.25) is 0 Å². The summed E-state index contributed by atoms with van der Waals surface area (Å²) in [7, 11) is 0. The van der Waals surface area contributed by atoms with Crippen LogP contribution in [-0.4, -0.2) is 100 Å². The molecule has 0 radical (unpaired) electrons. The van der Waals surface area contributed by atoms with Crippen molar-refractivity contribution in [3.05, 3.63) is 12.2 Å². The number of nitrogens with one attached hydrogen (secondary N) is 1. The van der Waals surface area contributed by atoms with Crippen LogP contribution in [0.15, 0.2) is 12.2 Å². The summed E-state index contributed by atoms with van der Waals surface area (Å²) in [6.45, 7) is 4.38. The van der Waals surface area contributed by atoms with Gasteiger partial charge in [0.2, 0.25) is 5.91 Å². The van der Waals surface area contributed by atoms with Crippen molar-refractivity contribution in [3.8, 4) is 0 Å². The summed E-state index contributed by atoms with van der Waals surface area (Å²) in [5, 5.41) is 54.4. The number of hydrogen-bond donors (Lipinski definition) is 6. The minimum Gasteiger partial charge on any atom is -0.466 e. The first kappa shape index (κ1) is 80.4. The topological polar surface area (TPSA) is 175 Å². The molecule has 1 fully saturated rings. The van der Waals surface area contributed by atoms with Crippen LogP contribution in [0.25, 0.3) is 0 Å². The monoisotopic (exact) mass is 1190 g/mol. The number of carbonyl (C=O) groups is 2. The second-order valence-corrected chi connectivity index (χ2v) is 26.0. The van der Waals surface area contributed by atoms with Crippen LogP contribution in [0.1, 0.15) is 380 Å². The maximum atomic E-state index is 13.0. The number of aliphatic hydroxyl groups is 5. The highest BCUT2D eigenvalue weighted by atomic mass is 16.7. The molecule has 7 unspecified atom stereocenters. The van der Waals surface area contributed by atoms with E-state index in [0.29, 0.717) is 19.4 Å². The third kappa shape index (κ3) is 51.3. The van der Waals surface area contributed by atoms with E-state index in [9.17, 15) is 35.1 Å². The van der Waals surface area contributed by atoms with Gasteiger partial charge in [-0.1, -0.05) is 347 Å². The smallest absolute Gasteiger partial charge is 0.305 e. The Balaban J connectivity index is 1.88. The quantitative estimate of drug-likeness (QED) is 0.0195. The molecular weight excluding hydrogens is 1050 g/mol.